The first-order valence-corrected chi connectivity index (χ1v) is 5.21. The van der Waals surface area contributed by atoms with Crippen LogP contribution in [-0.4, -0.2) is 36.1 Å². The standard InChI is InChI=1S/C11H13ClFNO2/c1-14(4-5-15)11(16)6-8-2-3-9(13)7-10(8)12/h2-3,7,15H,4-6H2,1H3. The maximum atomic E-state index is 12.8. The zero-order chi connectivity index (χ0) is 12.1. The number of rotatable bonds is 4. The molecule has 16 heavy (non-hydrogen) atoms. The molecule has 0 atom stereocenters. The largest absolute Gasteiger partial charge is 0.395 e. The fourth-order valence-electron chi connectivity index (χ4n) is 1.24. The van der Waals surface area contributed by atoms with Crippen molar-refractivity contribution in [2.75, 3.05) is 20.2 Å². The second-order valence-corrected chi connectivity index (χ2v) is 3.86. The zero-order valence-corrected chi connectivity index (χ0v) is 9.67. The van der Waals surface area contributed by atoms with Crippen LogP contribution in [0.4, 0.5) is 4.39 Å². The number of aliphatic hydroxyl groups is 1. The predicted molar refractivity (Wildman–Crippen MR) is 59.8 cm³/mol. The lowest BCUT2D eigenvalue weighted by Gasteiger charge is -2.15. The van der Waals surface area contributed by atoms with Gasteiger partial charge in [0.15, 0.2) is 0 Å². The summed E-state index contributed by atoms with van der Waals surface area (Å²) in [5.41, 5.74) is 0.581. The van der Waals surface area contributed by atoms with Crippen LogP contribution in [0.1, 0.15) is 5.56 Å². The smallest absolute Gasteiger partial charge is 0.226 e. The Bertz CT molecular complexity index is 384. The van der Waals surface area contributed by atoms with E-state index >= 15 is 0 Å². The third kappa shape index (κ3) is 3.47. The zero-order valence-electron chi connectivity index (χ0n) is 8.91. The van der Waals surface area contributed by atoms with Crippen LogP contribution in [0.15, 0.2) is 18.2 Å². The van der Waals surface area contributed by atoms with Crippen LogP contribution in [-0.2, 0) is 11.2 Å². The Labute approximate surface area is 98.4 Å². The van der Waals surface area contributed by atoms with Crippen LogP contribution in [0.25, 0.3) is 0 Å². The molecule has 1 N–H and O–H groups in total. The molecule has 0 bridgehead atoms. The van der Waals surface area contributed by atoms with E-state index in [0.717, 1.165) is 0 Å². The fraction of sp³-hybridized carbons (Fsp3) is 0.364. The van der Waals surface area contributed by atoms with Crippen molar-refractivity contribution in [2.45, 2.75) is 6.42 Å². The number of likely N-dealkylation sites (N-methyl/N-ethyl adjacent to an activating group) is 1. The molecule has 0 spiro atoms. The minimum absolute atomic E-state index is 0.0839. The molecule has 88 valence electrons. The summed E-state index contributed by atoms with van der Waals surface area (Å²) in [6, 6.07) is 3.93. The van der Waals surface area contributed by atoms with Gasteiger partial charge in [-0.05, 0) is 17.7 Å². The SMILES string of the molecule is CN(CCO)C(=O)Cc1ccc(F)cc1Cl. The van der Waals surface area contributed by atoms with E-state index in [1.807, 2.05) is 0 Å². The van der Waals surface area contributed by atoms with Crippen molar-refractivity contribution in [1.82, 2.24) is 4.90 Å². The van der Waals surface area contributed by atoms with Crippen molar-refractivity contribution in [3.05, 3.63) is 34.6 Å². The highest BCUT2D eigenvalue weighted by Crippen LogP contribution is 2.18. The van der Waals surface area contributed by atoms with Gasteiger partial charge >= 0.3 is 0 Å². The first-order valence-electron chi connectivity index (χ1n) is 4.83. The van der Waals surface area contributed by atoms with E-state index in [-0.39, 0.29) is 30.5 Å². The van der Waals surface area contributed by atoms with E-state index in [9.17, 15) is 9.18 Å². The highest BCUT2D eigenvalue weighted by Gasteiger charge is 2.11. The lowest BCUT2D eigenvalue weighted by molar-refractivity contribution is -0.129. The molecule has 0 aliphatic carbocycles. The van der Waals surface area contributed by atoms with Crippen molar-refractivity contribution in [3.63, 3.8) is 0 Å². The Morgan fingerprint density at radius 2 is 2.25 bits per heavy atom. The summed E-state index contributed by atoms with van der Waals surface area (Å²) >= 11 is 5.80. The summed E-state index contributed by atoms with van der Waals surface area (Å²) in [5.74, 6) is -0.590. The van der Waals surface area contributed by atoms with Gasteiger partial charge in [-0.2, -0.15) is 0 Å². The highest BCUT2D eigenvalue weighted by molar-refractivity contribution is 6.31. The molecule has 0 aliphatic rings. The summed E-state index contributed by atoms with van der Waals surface area (Å²) in [4.78, 5) is 13.0. The first-order chi connectivity index (χ1) is 7.54. The Balaban J connectivity index is 2.69. The number of amides is 1. The number of benzene rings is 1. The molecular formula is C11H13ClFNO2. The second kappa shape index (κ2) is 5.82. The second-order valence-electron chi connectivity index (χ2n) is 3.45. The molecule has 1 aromatic rings. The van der Waals surface area contributed by atoms with Crippen LogP contribution in [0.3, 0.4) is 0 Å². The molecule has 3 nitrogen and oxygen atoms in total. The van der Waals surface area contributed by atoms with Crippen molar-refractivity contribution in [2.24, 2.45) is 0 Å². The van der Waals surface area contributed by atoms with Crippen LogP contribution in [0.2, 0.25) is 5.02 Å². The highest BCUT2D eigenvalue weighted by atomic mass is 35.5. The van der Waals surface area contributed by atoms with Crippen LogP contribution in [0, 0.1) is 5.82 Å². The molecule has 0 saturated carbocycles. The maximum Gasteiger partial charge on any atom is 0.226 e. The number of carbonyl (C=O) groups excluding carboxylic acids is 1. The van der Waals surface area contributed by atoms with Crippen molar-refractivity contribution < 1.29 is 14.3 Å². The van der Waals surface area contributed by atoms with Crippen LogP contribution < -0.4 is 0 Å². The summed E-state index contributed by atoms with van der Waals surface area (Å²) < 4.78 is 12.8. The van der Waals surface area contributed by atoms with E-state index in [4.69, 9.17) is 16.7 Å². The lowest BCUT2D eigenvalue weighted by atomic mass is 10.1. The number of carbonyl (C=O) groups is 1. The quantitative estimate of drug-likeness (QED) is 0.873. The minimum atomic E-state index is -0.426. The monoisotopic (exact) mass is 245 g/mol. The van der Waals surface area contributed by atoms with Crippen molar-refractivity contribution in [3.8, 4) is 0 Å². The summed E-state index contributed by atoms with van der Waals surface area (Å²) in [6.07, 6.45) is 0.107. The van der Waals surface area contributed by atoms with Gasteiger partial charge in [-0.1, -0.05) is 17.7 Å². The molecule has 1 rings (SSSR count). The van der Waals surface area contributed by atoms with Gasteiger partial charge in [-0.25, -0.2) is 4.39 Å². The minimum Gasteiger partial charge on any atom is -0.395 e. The van der Waals surface area contributed by atoms with Crippen LogP contribution in [0.5, 0.6) is 0 Å². The summed E-state index contributed by atoms with van der Waals surface area (Å²) in [7, 11) is 1.59. The van der Waals surface area contributed by atoms with Gasteiger partial charge in [0, 0.05) is 18.6 Å². The topological polar surface area (TPSA) is 40.5 Å². The van der Waals surface area contributed by atoms with E-state index in [2.05, 4.69) is 0 Å². The number of nitrogens with zero attached hydrogens (tertiary/aromatic N) is 1. The normalized spacial score (nSPS) is 10.2. The van der Waals surface area contributed by atoms with Gasteiger partial charge in [-0.15, -0.1) is 0 Å². The van der Waals surface area contributed by atoms with Crippen molar-refractivity contribution >= 4 is 17.5 Å². The van der Waals surface area contributed by atoms with Gasteiger partial charge in [0.25, 0.3) is 0 Å². The first kappa shape index (κ1) is 12.9. The molecule has 1 aromatic carbocycles. The Morgan fingerprint density at radius 1 is 1.56 bits per heavy atom. The van der Waals surface area contributed by atoms with E-state index < -0.39 is 5.82 Å². The molecule has 0 fully saturated rings. The van der Waals surface area contributed by atoms with E-state index in [1.54, 1.807) is 7.05 Å². The Kier molecular flexibility index (Phi) is 4.71. The molecule has 0 heterocycles. The number of hydrogen-bond donors (Lipinski definition) is 1. The maximum absolute atomic E-state index is 12.8. The van der Waals surface area contributed by atoms with Crippen LogP contribution >= 0.6 is 11.6 Å². The van der Waals surface area contributed by atoms with Gasteiger partial charge in [0.1, 0.15) is 5.82 Å². The number of aliphatic hydroxyl groups excluding tert-OH is 1. The number of halogens is 2. The van der Waals surface area contributed by atoms with Crippen molar-refractivity contribution in [1.29, 1.82) is 0 Å². The molecule has 0 aliphatic heterocycles. The Morgan fingerprint density at radius 3 is 2.81 bits per heavy atom. The molecule has 0 radical (unpaired) electrons. The third-order valence-electron chi connectivity index (χ3n) is 2.22. The molecule has 5 heteroatoms. The fourth-order valence-corrected chi connectivity index (χ4v) is 1.47. The van der Waals surface area contributed by atoms with Gasteiger partial charge < -0.3 is 10.0 Å². The van der Waals surface area contributed by atoms with Gasteiger partial charge in [0.2, 0.25) is 5.91 Å². The molecule has 0 aromatic heterocycles. The molecule has 0 unspecified atom stereocenters. The average molecular weight is 246 g/mol. The van der Waals surface area contributed by atoms with Gasteiger partial charge in [0.05, 0.1) is 13.0 Å². The lowest BCUT2D eigenvalue weighted by Crippen LogP contribution is -2.30. The molecular weight excluding hydrogens is 233 g/mol. The Hall–Kier alpha value is -1.13. The number of hydrogen-bond acceptors (Lipinski definition) is 2. The average Bonchev–Trinajstić information content (AvgIpc) is 2.22. The summed E-state index contributed by atoms with van der Waals surface area (Å²) in [5, 5.41) is 8.91. The predicted octanol–water partition coefficient (Wildman–Crippen LogP) is 1.47. The third-order valence-corrected chi connectivity index (χ3v) is 2.57. The van der Waals surface area contributed by atoms with E-state index in [1.165, 1.54) is 23.1 Å². The van der Waals surface area contributed by atoms with E-state index in [0.29, 0.717) is 5.56 Å². The molecule has 0 saturated heterocycles. The van der Waals surface area contributed by atoms with Gasteiger partial charge in [-0.3, -0.25) is 4.79 Å². The molecule has 1 amide bonds. The summed E-state index contributed by atoms with van der Waals surface area (Å²) in [6.45, 7) is 0.192.